The van der Waals surface area contributed by atoms with E-state index in [9.17, 15) is 31.5 Å². The number of nitrogens with zero attached hydrogens (tertiary/aromatic N) is 3. The van der Waals surface area contributed by atoms with Gasteiger partial charge in [-0.2, -0.15) is 13.2 Å². The highest BCUT2D eigenvalue weighted by molar-refractivity contribution is 5.84. The summed E-state index contributed by atoms with van der Waals surface area (Å²) in [7, 11) is 0. The quantitative estimate of drug-likeness (QED) is 0.386. The summed E-state index contributed by atoms with van der Waals surface area (Å²) in [6.07, 6.45) is -4.23. The predicted molar refractivity (Wildman–Crippen MR) is 120 cm³/mol. The fraction of sp³-hybridized carbons (Fsp3) is 0.250. The molecule has 3 aromatic rings. The number of hydrogen-bond donors (Lipinski definition) is 2. The maximum atomic E-state index is 13.9. The zero-order valence-corrected chi connectivity index (χ0v) is 19.1. The van der Waals surface area contributed by atoms with Crippen LogP contribution in [0.15, 0.2) is 47.5 Å². The Kier molecular flexibility index (Phi) is 6.95. The van der Waals surface area contributed by atoms with E-state index in [2.05, 4.69) is 20.7 Å². The van der Waals surface area contributed by atoms with E-state index in [-0.39, 0.29) is 24.2 Å². The van der Waals surface area contributed by atoms with Gasteiger partial charge < -0.3 is 4.74 Å². The number of hydrazine groups is 1. The number of aromatic nitrogens is 2. The van der Waals surface area contributed by atoms with Crippen LogP contribution in [-0.2, 0) is 17.5 Å². The van der Waals surface area contributed by atoms with Gasteiger partial charge in [-0.15, -0.1) is 0 Å². The van der Waals surface area contributed by atoms with E-state index in [0.29, 0.717) is 11.9 Å². The molecule has 1 saturated heterocycles. The second-order valence-corrected chi connectivity index (χ2v) is 8.31. The molecule has 0 bridgehead atoms. The molecule has 0 spiro atoms. The molecule has 1 aromatic heterocycles. The number of carbonyl (C=O) groups excluding carboxylic acids is 1. The lowest BCUT2D eigenvalue weighted by Crippen LogP contribution is -2.54. The Morgan fingerprint density at radius 2 is 1.86 bits per heavy atom. The fourth-order valence-electron chi connectivity index (χ4n) is 3.92. The standard InChI is InChI=1S/C24H18F5N5O3/c1-12-18(30-2)7-15(26)8-19(12)37-20-21(24(27,28)29)31-11-34(23(20)36)10-16-9-17(22(35)33-32-16)13-3-5-14(25)6-4-13/h3-8,11,16-17,32H,9-10H2,1H3,(H,33,35). The van der Waals surface area contributed by atoms with Gasteiger partial charge in [0.05, 0.1) is 18.8 Å². The van der Waals surface area contributed by atoms with Crippen LogP contribution in [0.5, 0.6) is 11.5 Å². The molecule has 2 aromatic carbocycles. The largest absolute Gasteiger partial charge is 0.450 e. The van der Waals surface area contributed by atoms with Gasteiger partial charge in [-0.05, 0) is 42.7 Å². The van der Waals surface area contributed by atoms with Gasteiger partial charge >= 0.3 is 6.18 Å². The third kappa shape index (κ3) is 5.44. The molecule has 0 saturated carbocycles. The van der Waals surface area contributed by atoms with Gasteiger partial charge in [0.1, 0.15) is 17.4 Å². The first-order valence-corrected chi connectivity index (χ1v) is 10.8. The van der Waals surface area contributed by atoms with E-state index < -0.39 is 58.4 Å². The summed E-state index contributed by atoms with van der Waals surface area (Å²) in [5, 5.41) is 0. The van der Waals surface area contributed by atoms with Crippen molar-refractivity contribution >= 4 is 11.6 Å². The molecular weight excluding hydrogens is 501 g/mol. The molecule has 0 radical (unpaired) electrons. The molecule has 0 aliphatic carbocycles. The molecule has 1 aliphatic rings. The maximum Gasteiger partial charge on any atom is 0.437 e. The summed E-state index contributed by atoms with van der Waals surface area (Å²) in [5.74, 6) is -4.15. The number of carbonyl (C=O) groups is 1. The van der Waals surface area contributed by atoms with Gasteiger partial charge in [0.25, 0.3) is 5.56 Å². The lowest BCUT2D eigenvalue weighted by atomic mass is 9.90. The molecule has 2 atom stereocenters. The Labute approximate surface area is 206 Å². The van der Waals surface area contributed by atoms with Crippen molar-refractivity contribution in [3.05, 3.63) is 93.0 Å². The number of ether oxygens (including phenoxy) is 1. The van der Waals surface area contributed by atoms with Crippen molar-refractivity contribution in [2.24, 2.45) is 0 Å². The molecule has 13 heteroatoms. The van der Waals surface area contributed by atoms with Crippen LogP contribution in [0, 0.1) is 25.1 Å². The van der Waals surface area contributed by atoms with Crippen LogP contribution in [0.25, 0.3) is 4.85 Å². The minimum Gasteiger partial charge on any atom is -0.450 e. The smallest absolute Gasteiger partial charge is 0.437 e. The summed E-state index contributed by atoms with van der Waals surface area (Å²) in [6.45, 7) is 8.24. The predicted octanol–water partition coefficient (Wildman–Crippen LogP) is 4.37. The van der Waals surface area contributed by atoms with Crippen molar-refractivity contribution in [2.45, 2.75) is 38.0 Å². The molecule has 1 amide bonds. The average molecular weight is 519 g/mol. The molecule has 2 N–H and O–H groups in total. The van der Waals surface area contributed by atoms with Crippen LogP contribution < -0.4 is 21.1 Å². The van der Waals surface area contributed by atoms with Crippen LogP contribution in [0.3, 0.4) is 0 Å². The molecule has 192 valence electrons. The Bertz CT molecular complexity index is 1450. The lowest BCUT2D eigenvalue weighted by molar-refractivity contribution is -0.142. The zero-order chi connectivity index (χ0) is 26.9. The third-order valence-electron chi connectivity index (χ3n) is 5.82. The van der Waals surface area contributed by atoms with E-state index in [1.54, 1.807) is 0 Å². The molecule has 2 heterocycles. The molecule has 8 nitrogen and oxygen atoms in total. The van der Waals surface area contributed by atoms with Crippen LogP contribution in [0.2, 0.25) is 0 Å². The van der Waals surface area contributed by atoms with Gasteiger partial charge in [-0.3, -0.25) is 19.6 Å². The molecule has 37 heavy (non-hydrogen) atoms. The number of hydrogen-bond acceptors (Lipinski definition) is 5. The summed E-state index contributed by atoms with van der Waals surface area (Å²) in [6, 6.07) is 6.31. The Hall–Kier alpha value is -4.31. The van der Waals surface area contributed by atoms with Crippen molar-refractivity contribution < 1.29 is 31.5 Å². The summed E-state index contributed by atoms with van der Waals surface area (Å²) in [5.41, 5.74) is 2.70. The number of halogens is 5. The normalized spacial score (nSPS) is 17.7. The summed E-state index contributed by atoms with van der Waals surface area (Å²) < 4.78 is 74.3. The van der Waals surface area contributed by atoms with Crippen molar-refractivity contribution in [2.75, 3.05) is 0 Å². The van der Waals surface area contributed by atoms with E-state index in [1.165, 1.54) is 31.2 Å². The Balaban J connectivity index is 1.67. The monoisotopic (exact) mass is 519 g/mol. The molecule has 1 aliphatic heterocycles. The van der Waals surface area contributed by atoms with E-state index >= 15 is 0 Å². The molecular formula is C24H18F5N5O3. The highest BCUT2D eigenvalue weighted by Crippen LogP contribution is 2.37. The topological polar surface area (TPSA) is 89.6 Å². The van der Waals surface area contributed by atoms with E-state index in [4.69, 9.17) is 11.3 Å². The molecule has 1 fully saturated rings. The van der Waals surface area contributed by atoms with Crippen molar-refractivity contribution in [3.8, 4) is 11.5 Å². The first kappa shape index (κ1) is 25.8. The highest BCUT2D eigenvalue weighted by atomic mass is 19.4. The van der Waals surface area contributed by atoms with E-state index in [0.717, 1.165) is 16.7 Å². The minimum atomic E-state index is -5.07. The van der Waals surface area contributed by atoms with Gasteiger partial charge in [0, 0.05) is 18.7 Å². The Morgan fingerprint density at radius 3 is 2.51 bits per heavy atom. The van der Waals surface area contributed by atoms with Crippen LogP contribution >= 0.6 is 0 Å². The fourth-order valence-corrected chi connectivity index (χ4v) is 3.92. The first-order chi connectivity index (χ1) is 17.5. The van der Waals surface area contributed by atoms with Gasteiger partial charge in [0.2, 0.25) is 11.7 Å². The van der Waals surface area contributed by atoms with Gasteiger partial charge in [0.15, 0.2) is 11.4 Å². The minimum absolute atomic E-state index is 0.0399. The number of alkyl halides is 3. The second kappa shape index (κ2) is 9.98. The van der Waals surface area contributed by atoms with E-state index in [1.807, 2.05) is 0 Å². The van der Waals surface area contributed by atoms with Crippen molar-refractivity contribution in [1.29, 1.82) is 0 Å². The van der Waals surface area contributed by atoms with Crippen molar-refractivity contribution in [3.63, 3.8) is 0 Å². The lowest BCUT2D eigenvalue weighted by Gasteiger charge is -2.30. The highest BCUT2D eigenvalue weighted by Gasteiger charge is 2.39. The van der Waals surface area contributed by atoms with Crippen LogP contribution in [0.4, 0.5) is 27.6 Å². The summed E-state index contributed by atoms with van der Waals surface area (Å²) >= 11 is 0. The van der Waals surface area contributed by atoms with Gasteiger partial charge in [-0.1, -0.05) is 12.1 Å². The average Bonchev–Trinajstić information content (AvgIpc) is 2.84. The SMILES string of the molecule is [C-]#[N+]c1cc(F)cc(Oc2c(C(F)(F)F)ncn(CC3CC(c4ccc(F)cc4)C(=O)NN3)c2=O)c1C. The maximum absolute atomic E-state index is 13.9. The number of nitrogens with one attached hydrogen (secondary N) is 2. The number of amides is 1. The van der Waals surface area contributed by atoms with Crippen LogP contribution in [-0.4, -0.2) is 21.5 Å². The molecule has 4 rings (SSSR count). The van der Waals surface area contributed by atoms with Crippen LogP contribution in [0.1, 0.15) is 29.2 Å². The first-order valence-electron chi connectivity index (χ1n) is 10.8. The summed E-state index contributed by atoms with van der Waals surface area (Å²) in [4.78, 5) is 31.9. The molecule has 2 unspecified atom stereocenters. The van der Waals surface area contributed by atoms with Gasteiger partial charge in [-0.25, -0.2) is 24.0 Å². The zero-order valence-electron chi connectivity index (χ0n) is 19.1. The van der Waals surface area contributed by atoms with Crippen molar-refractivity contribution in [1.82, 2.24) is 20.4 Å². The Morgan fingerprint density at radius 1 is 1.16 bits per heavy atom. The third-order valence-corrected chi connectivity index (χ3v) is 5.82. The number of rotatable bonds is 5. The number of benzene rings is 2. The second-order valence-electron chi connectivity index (χ2n) is 8.31.